The summed E-state index contributed by atoms with van der Waals surface area (Å²) in [7, 11) is 4.09. The Morgan fingerprint density at radius 1 is 1.16 bits per heavy atom. The molecule has 4 rings (SSSR count). The van der Waals surface area contributed by atoms with Gasteiger partial charge >= 0.3 is 0 Å². The van der Waals surface area contributed by atoms with Gasteiger partial charge in [0.1, 0.15) is 12.9 Å². The molecule has 0 atom stereocenters. The number of nitrogens with zero attached hydrogens (tertiary/aromatic N) is 3. The van der Waals surface area contributed by atoms with Gasteiger partial charge in [0.2, 0.25) is 5.71 Å². The number of para-hydroxylation sites is 1. The number of pyridine rings is 1. The predicted molar refractivity (Wildman–Crippen MR) is 128 cm³/mol. The van der Waals surface area contributed by atoms with Gasteiger partial charge in [0.05, 0.1) is 27.3 Å². The number of oxime groups is 1. The van der Waals surface area contributed by atoms with Gasteiger partial charge in [-0.25, -0.2) is 4.98 Å². The van der Waals surface area contributed by atoms with Crippen LogP contribution in [-0.4, -0.2) is 42.8 Å². The molecule has 2 aromatic heterocycles. The molecule has 6 nitrogen and oxygen atoms in total. The fourth-order valence-corrected chi connectivity index (χ4v) is 3.59. The average Bonchev–Trinajstić information content (AvgIpc) is 3.14. The molecule has 2 aromatic carbocycles. The van der Waals surface area contributed by atoms with Crippen LogP contribution in [0.25, 0.3) is 22.0 Å². The number of aromatic nitrogens is 1. The van der Waals surface area contributed by atoms with Gasteiger partial charge in [0, 0.05) is 17.6 Å². The highest BCUT2D eigenvalue weighted by Crippen LogP contribution is 2.38. The second kappa shape index (κ2) is 9.37. The van der Waals surface area contributed by atoms with E-state index in [1.165, 1.54) is 6.26 Å². The maximum atomic E-state index is 6.39. The summed E-state index contributed by atoms with van der Waals surface area (Å²) in [4.78, 5) is 12.1. The van der Waals surface area contributed by atoms with Crippen molar-refractivity contribution in [2.75, 3.05) is 32.6 Å². The summed E-state index contributed by atoms with van der Waals surface area (Å²) >= 11 is 6.39. The highest BCUT2D eigenvalue weighted by atomic mass is 35.5. The highest BCUT2D eigenvalue weighted by Gasteiger charge is 2.15. The van der Waals surface area contributed by atoms with E-state index < -0.39 is 0 Å². The molecule has 31 heavy (non-hydrogen) atoms. The van der Waals surface area contributed by atoms with E-state index in [9.17, 15) is 0 Å². The van der Waals surface area contributed by atoms with Crippen LogP contribution in [0.1, 0.15) is 18.9 Å². The zero-order valence-electron chi connectivity index (χ0n) is 17.9. The van der Waals surface area contributed by atoms with E-state index in [0.717, 1.165) is 51.9 Å². The van der Waals surface area contributed by atoms with Gasteiger partial charge in [-0.1, -0.05) is 47.1 Å². The first-order valence-electron chi connectivity index (χ1n) is 10.2. The Balaban J connectivity index is 1.54. The van der Waals surface area contributed by atoms with Crippen molar-refractivity contribution >= 4 is 50.7 Å². The average molecular weight is 437 g/mol. The van der Waals surface area contributed by atoms with Crippen LogP contribution in [0.5, 0.6) is 0 Å². The largest absolute Gasteiger partial charge is 0.444 e. The Labute approximate surface area is 186 Å². The standard InChI is InChI=1S/C24H25ClN4O2/c1-16(28-31-14-6-13-29(2)3)17-9-11-18(12-10-17)26-23-19-7-4-5-8-21(19)27-24-22(23)20(25)15-30-24/h4-5,7-12,15H,6,13-14H2,1-3H3,(H,26,27)/b28-16+. The molecule has 0 unspecified atom stereocenters. The molecule has 0 aliphatic heterocycles. The van der Waals surface area contributed by atoms with Crippen LogP contribution >= 0.6 is 11.6 Å². The zero-order chi connectivity index (χ0) is 21.8. The molecule has 0 aliphatic carbocycles. The third kappa shape index (κ3) is 4.81. The molecule has 0 saturated heterocycles. The van der Waals surface area contributed by atoms with Gasteiger partial charge < -0.3 is 19.5 Å². The summed E-state index contributed by atoms with van der Waals surface area (Å²) < 4.78 is 5.54. The van der Waals surface area contributed by atoms with Crippen molar-refractivity contribution in [2.45, 2.75) is 13.3 Å². The number of fused-ring (bicyclic) bond motifs is 2. The summed E-state index contributed by atoms with van der Waals surface area (Å²) in [6.07, 6.45) is 2.46. The topological polar surface area (TPSA) is 62.9 Å². The van der Waals surface area contributed by atoms with E-state index in [1.54, 1.807) is 0 Å². The molecule has 0 amide bonds. The molecule has 0 saturated carbocycles. The minimum absolute atomic E-state index is 0.511. The summed E-state index contributed by atoms with van der Waals surface area (Å²) in [5.74, 6) is 0. The highest BCUT2D eigenvalue weighted by molar-refractivity contribution is 6.37. The second-order valence-electron chi connectivity index (χ2n) is 7.64. The Morgan fingerprint density at radius 3 is 2.71 bits per heavy atom. The molecule has 160 valence electrons. The lowest BCUT2D eigenvalue weighted by molar-refractivity contribution is 0.135. The fraction of sp³-hybridized carbons (Fsp3) is 0.250. The lowest BCUT2D eigenvalue weighted by Gasteiger charge is -2.12. The van der Waals surface area contributed by atoms with E-state index in [1.807, 2.05) is 69.6 Å². The van der Waals surface area contributed by atoms with Crippen molar-refractivity contribution < 1.29 is 9.25 Å². The number of furan rings is 1. The van der Waals surface area contributed by atoms with E-state index >= 15 is 0 Å². The Bertz CT molecular complexity index is 1220. The SMILES string of the molecule is C/C(=N\OCCCN(C)C)c1ccc(Nc2c3ccccc3nc3occ(Cl)c23)cc1. The number of nitrogens with one attached hydrogen (secondary N) is 1. The minimum atomic E-state index is 0.511. The molecule has 2 heterocycles. The van der Waals surface area contributed by atoms with Crippen molar-refractivity contribution in [2.24, 2.45) is 5.16 Å². The summed E-state index contributed by atoms with van der Waals surface area (Å²) in [6.45, 7) is 3.53. The second-order valence-corrected chi connectivity index (χ2v) is 8.04. The summed E-state index contributed by atoms with van der Waals surface area (Å²) in [6, 6.07) is 16.0. The fourth-order valence-electron chi connectivity index (χ4n) is 3.37. The van der Waals surface area contributed by atoms with E-state index in [-0.39, 0.29) is 0 Å². The monoisotopic (exact) mass is 436 g/mol. The maximum Gasteiger partial charge on any atom is 0.230 e. The molecule has 0 spiro atoms. The van der Waals surface area contributed by atoms with E-state index in [0.29, 0.717) is 17.3 Å². The number of hydrogen-bond acceptors (Lipinski definition) is 6. The molecule has 1 N–H and O–H groups in total. The number of rotatable bonds is 8. The normalized spacial score (nSPS) is 12.1. The summed E-state index contributed by atoms with van der Waals surface area (Å²) in [5, 5.41) is 10.0. The molecular formula is C24H25ClN4O2. The number of hydrogen-bond donors (Lipinski definition) is 1. The quantitative estimate of drug-likeness (QED) is 0.206. The lowest BCUT2D eigenvalue weighted by Crippen LogP contribution is -2.14. The first-order valence-corrected chi connectivity index (χ1v) is 10.5. The maximum absolute atomic E-state index is 6.39. The molecule has 0 aliphatic rings. The molecule has 7 heteroatoms. The summed E-state index contributed by atoms with van der Waals surface area (Å²) in [5.41, 5.74) is 5.00. The van der Waals surface area contributed by atoms with Gasteiger partial charge in [-0.15, -0.1) is 0 Å². The predicted octanol–water partition coefficient (Wildman–Crippen LogP) is 6.07. The van der Waals surface area contributed by atoms with E-state index in [2.05, 4.69) is 20.4 Å². The molecule has 4 aromatic rings. The van der Waals surface area contributed by atoms with Crippen LogP contribution in [0.4, 0.5) is 11.4 Å². The van der Waals surface area contributed by atoms with Gasteiger partial charge in [-0.2, -0.15) is 0 Å². The third-order valence-corrected chi connectivity index (χ3v) is 5.26. The smallest absolute Gasteiger partial charge is 0.230 e. The van der Waals surface area contributed by atoms with Crippen LogP contribution in [0, 0.1) is 0 Å². The lowest BCUT2D eigenvalue weighted by atomic mass is 10.1. The Morgan fingerprint density at radius 2 is 1.94 bits per heavy atom. The first-order chi connectivity index (χ1) is 15.0. The van der Waals surface area contributed by atoms with Crippen LogP contribution in [0.2, 0.25) is 5.02 Å². The number of halogens is 1. The van der Waals surface area contributed by atoms with Gasteiger partial charge in [0.15, 0.2) is 0 Å². The van der Waals surface area contributed by atoms with Crippen LogP contribution in [-0.2, 0) is 4.84 Å². The van der Waals surface area contributed by atoms with E-state index in [4.69, 9.17) is 20.9 Å². The number of anilines is 2. The van der Waals surface area contributed by atoms with Crippen molar-refractivity contribution in [1.82, 2.24) is 9.88 Å². The molecule has 0 radical (unpaired) electrons. The molecule has 0 fully saturated rings. The van der Waals surface area contributed by atoms with Gasteiger partial charge in [-0.05, 0) is 51.2 Å². The van der Waals surface area contributed by atoms with Crippen LogP contribution in [0.15, 0.2) is 64.4 Å². The van der Waals surface area contributed by atoms with Gasteiger partial charge in [0.25, 0.3) is 0 Å². The zero-order valence-corrected chi connectivity index (χ0v) is 18.6. The Kier molecular flexibility index (Phi) is 6.39. The number of benzene rings is 2. The van der Waals surface area contributed by atoms with Crippen LogP contribution in [0.3, 0.4) is 0 Å². The van der Waals surface area contributed by atoms with Crippen LogP contribution < -0.4 is 5.32 Å². The Hall–Kier alpha value is -3.09. The van der Waals surface area contributed by atoms with Crippen molar-refractivity contribution in [1.29, 1.82) is 0 Å². The van der Waals surface area contributed by atoms with Crippen molar-refractivity contribution in [3.8, 4) is 0 Å². The minimum Gasteiger partial charge on any atom is -0.444 e. The first kappa shape index (κ1) is 21.2. The van der Waals surface area contributed by atoms with Crippen molar-refractivity contribution in [3.63, 3.8) is 0 Å². The van der Waals surface area contributed by atoms with Crippen molar-refractivity contribution in [3.05, 3.63) is 65.4 Å². The molecule has 0 bridgehead atoms. The third-order valence-electron chi connectivity index (χ3n) is 4.99. The van der Waals surface area contributed by atoms with Gasteiger partial charge in [-0.3, -0.25) is 0 Å². The molecular weight excluding hydrogens is 412 g/mol.